The van der Waals surface area contributed by atoms with Crippen LogP contribution in [0.3, 0.4) is 0 Å². The van der Waals surface area contributed by atoms with Crippen LogP contribution in [-0.4, -0.2) is 91.4 Å². The number of hydrogen-bond donors (Lipinski definition) is 1. The minimum atomic E-state index is -0.781. The fourth-order valence-corrected chi connectivity index (χ4v) is 3.34. The summed E-state index contributed by atoms with van der Waals surface area (Å²) in [6, 6.07) is -1.49. The van der Waals surface area contributed by atoms with Crippen LogP contribution in [0.25, 0.3) is 0 Å². The van der Waals surface area contributed by atoms with Crippen molar-refractivity contribution in [2.45, 2.75) is 72.4 Å². The minimum Gasteiger partial charge on any atom is -0.379 e. The molecule has 8 nitrogen and oxygen atoms in total. The van der Waals surface area contributed by atoms with Crippen molar-refractivity contribution in [1.82, 2.24) is 14.7 Å². The normalized spacial score (nSPS) is 13.4. The molecule has 0 heterocycles. The Kier molecular flexibility index (Phi) is 14.3. The van der Waals surface area contributed by atoms with Crippen molar-refractivity contribution >= 4 is 17.7 Å². The van der Waals surface area contributed by atoms with Crippen LogP contribution in [0.4, 0.5) is 0 Å². The highest BCUT2D eigenvalue weighted by molar-refractivity contribution is 5.91. The Bertz CT molecular complexity index is 523. The summed E-state index contributed by atoms with van der Waals surface area (Å²) in [4.78, 5) is 42.7. The quantitative estimate of drug-likeness (QED) is 0.378. The fraction of sp³-hybridized carbons (Fsp3) is 0.864. The van der Waals surface area contributed by atoms with Crippen molar-refractivity contribution in [2.75, 3.05) is 46.9 Å². The fourth-order valence-electron chi connectivity index (χ4n) is 3.34. The smallest absolute Gasteiger partial charge is 0.248 e. The molecule has 176 valence electrons. The topological polar surface area (TPSA) is 96.2 Å². The number of hydrogen-bond acceptors (Lipinski definition) is 5. The van der Waals surface area contributed by atoms with Crippen LogP contribution in [0, 0.1) is 5.92 Å². The lowest BCUT2D eigenvalue weighted by Gasteiger charge is -2.34. The molecule has 0 radical (unpaired) electrons. The summed E-state index contributed by atoms with van der Waals surface area (Å²) in [5.41, 5.74) is 5.55. The van der Waals surface area contributed by atoms with Crippen LogP contribution < -0.4 is 5.73 Å². The molecule has 0 saturated heterocycles. The largest absolute Gasteiger partial charge is 0.379 e. The third-order valence-corrected chi connectivity index (χ3v) is 5.38. The van der Waals surface area contributed by atoms with E-state index in [-0.39, 0.29) is 24.3 Å². The maximum absolute atomic E-state index is 13.2. The molecule has 8 heteroatoms. The molecule has 0 unspecified atom stereocenters. The van der Waals surface area contributed by atoms with Crippen molar-refractivity contribution in [3.63, 3.8) is 0 Å². The first-order chi connectivity index (χ1) is 14.1. The van der Waals surface area contributed by atoms with Crippen LogP contribution in [0.2, 0.25) is 0 Å². The van der Waals surface area contributed by atoms with Crippen LogP contribution in [0.5, 0.6) is 0 Å². The molecule has 0 aliphatic carbocycles. The van der Waals surface area contributed by atoms with Gasteiger partial charge in [0.2, 0.25) is 17.7 Å². The summed E-state index contributed by atoms with van der Waals surface area (Å²) in [6.45, 7) is 13.6. The van der Waals surface area contributed by atoms with Gasteiger partial charge < -0.3 is 25.2 Å². The number of likely N-dealkylation sites (N-methyl/N-ethyl adjacent to an activating group) is 2. The molecule has 0 fully saturated rings. The van der Waals surface area contributed by atoms with Gasteiger partial charge in [-0.2, -0.15) is 0 Å². The van der Waals surface area contributed by atoms with E-state index in [9.17, 15) is 14.4 Å². The van der Waals surface area contributed by atoms with Crippen molar-refractivity contribution in [2.24, 2.45) is 11.7 Å². The van der Waals surface area contributed by atoms with Crippen molar-refractivity contribution in [3.05, 3.63) is 0 Å². The monoisotopic (exact) mass is 428 g/mol. The first kappa shape index (κ1) is 28.3. The predicted octanol–water partition coefficient (Wildman–Crippen LogP) is 1.72. The van der Waals surface area contributed by atoms with Crippen LogP contribution >= 0.6 is 0 Å². The summed E-state index contributed by atoms with van der Waals surface area (Å²) < 4.78 is 5.79. The zero-order chi connectivity index (χ0) is 23.3. The highest BCUT2D eigenvalue weighted by Crippen LogP contribution is 2.14. The molecule has 0 aliphatic heterocycles. The van der Waals surface area contributed by atoms with Gasteiger partial charge in [0, 0.05) is 33.7 Å². The molecular formula is C22H44N4O4. The Hall–Kier alpha value is -1.67. The minimum absolute atomic E-state index is 0.0978. The lowest BCUT2D eigenvalue weighted by atomic mass is 10.0. The number of carbonyl (C=O) groups is 3. The summed E-state index contributed by atoms with van der Waals surface area (Å²) in [6.07, 6.45) is 2.38. The first-order valence-electron chi connectivity index (χ1n) is 11.2. The summed E-state index contributed by atoms with van der Waals surface area (Å²) in [7, 11) is 3.20. The Morgan fingerprint density at radius 1 is 0.967 bits per heavy atom. The highest BCUT2D eigenvalue weighted by Gasteiger charge is 2.34. The third-order valence-electron chi connectivity index (χ3n) is 5.38. The van der Waals surface area contributed by atoms with Gasteiger partial charge in [-0.3, -0.25) is 14.4 Å². The standard InChI is InChI=1S/C22H44N4O4/c1-8-12-20(27)24(6)19(16-30-14-11-13-26(9-2)10-3)22(29)25(7)18(21(23)28)15-17(4)5/h17-19H,8-16H2,1-7H3,(H2,23,28)/t18-,19+/m0/s1. The molecule has 0 rings (SSSR count). The Morgan fingerprint density at radius 3 is 2.03 bits per heavy atom. The number of rotatable bonds is 16. The van der Waals surface area contributed by atoms with Crippen LogP contribution in [0.1, 0.15) is 60.3 Å². The lowest BCUT2D eigenvalue weighted by molar-refractivity contribution is -0.149. The molecular weight excluding hydrogens is 384 g/mol. The van der Waals surface area contributed by atoms with E-state index in [1.165, 1.54) is 9.80 Å². The molecule has 0 aliphatic rings. The van der Waals surface area contributed by atoms with E-state index < -0.39 is 18.0 Å². The van der Waals surface area contributed by atoms with Crippen LogP contribution in [-0.2, 0) is 19.1 Å². The molecule has 0 aromatic carbocycles. The molecule has 0 aromatic rings. The number of ether oxygens (including phenoxy) is 1. The van der Waals surface area contributed by atoms with E-state index >= 15 is 0 Å². The molecule has 2 N–H and O–H groups in total. The Balaban J connectivity index is 5.20. The van der Waals surface area contributed by atoms with Gasteiger partial charge >= 0.3 is 0 Å². The van der Waals surface area contributed by atoms with Gasteiger partial charge in [-0.15, -0.1) is 0 Å². The molecule has 0 bridgehead atoms. The Labute approximate surface area is 183 Å². The molecule has 3 amide bonds. The van der Waals surface area contributed by atoms with Crippen molar-refractivity contribution in [3.8, 4) is 0 Å². The number of nitrogens with zero attached hydrogens (tertiary/aromatic N) is 3. The number of carbonyl (C=O) groups excluding carboxylic acids is 3. The zero-order valence-electron chi connectivity index (χ0n) is 20.1. The number of primary amides is 1. The van der Waals surface area contributed by atoms with Crippen LogP contribution in [0.15, 0.2) is 0 Å². The number of amides is 3. The maximum Gasteiger partial charge on any atom is 0.248 e. The molecule has 0 saturated carbocycles. The maximum atomic E-state index is 13.2. The van der Waals surface area contributed by atoms with Gasteiger partial charge in [-0.25, -0.2) is 0 Å². The predicted molar refractivity (Wildman–Crippen MR) is 120 cm³/mol. The second kappa shape index (κ2) is 15.2. The average molecular weight is 429 g/mol. The van der Waals surface area contributed by atoms with Gasteiger partial charge in [0.1, 0.15) is 12.1 Å². The van der Waals surface area contributed by atoms with E-state index in [4.69, 9.17) is 10.5 Å². The summed E-state index contributed by atoms with van der Waals surface area (Å²) in [5.74, 6) is -0.779. The van der Waals surface area contributed by atoms with Crippen molar-refractivity contribution in [1.29, 1.82) is 0 Å². The van der Waals surface area contributed by atoms with E-state index in [2.05, 4.69) is 18.7 Å². The van der Waals surface area contributed by atoms with Gasteiger partial charge in [0.25, 0.3) is 0 Å². The molecule has 2 atom stereocenters. The number of nitrogens with two attached hydrogens (primary N) is 1. The van der Waals surface area contributed by atoms with Crippen molar-refractivity contribution < 1.29 is 19.1 Å². The molecule has 30 heavy (non-hydrogen) atoms. The molecule has 0 spiro atoms. The zero-order valence-corrected chi connectivity index (χ0v) is 20.1. The lowest BCUT2D eigenvalue weighted by Crippen LogP contribution is -2.55. The summed E-state index contributed by atoms with van der Waals surface area (Å²) in [5, 5.41) is 0. The van der Waals surface area contributed by atoms with E-state index in [0.717, 1.165) is 26.1 Å². The molecule has 0 aromatic heterocycles. The van der Waals surface area contributed by atoms with Gasteiger partial charge in [0.15, 0.2) is 0 Å². The van der Waals surface area contributed by atoms with E-state index in [1.54, 1.807) is 14.1 Å². The Morgan fingerprint density at radius 2 is 1.57 bits per heavy atom. The second-order valence-electron chi connectivity index (χ2n) is 8.22. The van der Waals surface area contributed by atoms with Gasteiger partial charge in [-0.1, -0.05) is 34.6 Å². The highest BCUT2D eigenvalue weighted by atomic mass is 16.5. The third kappa shape index (κ3) is 9.89. The SMILES string of the molecule is CCCC(=O)N(C)[C@H](COCCCN(CC)CC)C(=O)N(C)[C@@H](CC(C)C)C(N)=O. The van der Waals surface area contributed by atoms with E-state index in [1.807, 2.05) is 20.8 Å². The van der Waals surface area contributed by atoms with Gasteiger partial charge in [-0.05, 0) is 38.3 Å². The second-order valence-corrected chi connectivity index (χ2v) is 8.22. The first-order valence-corrected chi connectivity index (χ1v) is 11.2. The summed E-state index contributed by atoms with van der Waals surface area (Å²) >= 11 is 0. The van der Waals surface area contributed by atoms with E-state index in [0.29, 0.717) is 25.9 Å². The van der Waals surface area contributed by atoms with Gasteiger partial charge in [0.05, 0.1) is 6.61 Å². The average Bonchev–Trinajstić information content (AvgIpc) is 2.70.